The fourth-order valence-corrected chi connectivity index (χ4v) is 3.41. The predicted molar refractivity (Wildman–Crippen MR) is 86.6 cm³/mol. The molecule has 22 heavy (non-hydrogen) atoms. The molecule has 0 unspecified atom stereocenters. The molecule has 1 aromatic carbocycles. The summed E-state index contributed by atoms with van der Waals surface area (Å²) in [6, 6.07) is 4.29. The first kappa shape index (κ1) is 17.0. The molecule has 0 saturated heterocycles. The van der Waals surface area contributed by atoms with Gasteiger partial charge in [-0.15, -0.1) is 0 Å². The number of carbonyl (C=O) groups excluding carboxylic acids is 1. The molecule has 1 aliphatic rings. The van der Waals surface area contributed by atoms with Crippen molar-refractivity contribution in [1.29, 1.82) is 0 Å². The second-order valence-electron chi connectivity index (χ2n) is 6.45. The molecule has 2 N–H and O–H groups in total. The quantitative estimate of drug-likeness (QED) is 0.898. The Bertz CT molecular complexity index is 518. The summed E-state index contributed by atoms with van der Waals surface area (Å²) in [7, 11) is 1.59. The van der Waals surface area contributed by atoms with E-state index in [1.807, 2.05) is 0 Å². The second-order valence-corrected chi connectivity index (χ2v) is 6.45. The Hall–Kier alpha value is -1.39. The summed E-state index contributed by atoms with van der Waals surface area (Å²) in [5, 5.41) is 12.9. The van der Waals surface area contributed by atoms with E-state index in [-0.39, 0.29) is 17.9 Å². The normalized spacial score (nSPS) is 25.0. The van der Waals surface area contributed by atoms with Crippen molar-refractivity contribution >= 4 is 5.91 Å². The third kappa shape index (κ3) is 3.87. The van der Waals surface area contributed by atoms with Gasteiger partial charge in [0.2, 0.25) is 5.91 Å². The van der Waals surface area contributed by atoms with E-state index in [9.17, 15) is 9.90 Å². The molecule has 0 radical (unpaired) electrons. The van der Waals surface area contributed by atoms with Gasteiger partial charge in [-0.3, -0.25) is 4.79 Å². The molecule has 4 heteroatoms. The maximum absolute atomic E-state index is 12.4. The van der Waals surface area contributed by atoms with Gasteiger partial charge < -0.3 is 15.2 Å². The Balaban J connectivity index is 1.96. The van der Waals surface area contributed by atoms with Crippen LogP contribution in [0.5, 0.6) is 0 Å². The number of carbonyl (C=O) groups is 1. The number of hydrogen-bond donors (Lipinski definition) is 2. The van der Waals surface area contributed by atoms with Crippen LogP contribution in [0.4, 0.5) is 0 Å². The molecule has 2 rings (SSSR count). The Labute approximate surface area is 132 Å². The number of amides is 1. The summed E-state index contributed by atoms with van der Waals surface area (Å²) in [5.41, 5.74) is 4.87. The number of aliphatic hydroxyl groups excluding tert-OH is 1. The third-order valence-electron chi connectivity index (χ3n) is 4.71. The monoisotopic (exact) mass is 305 g/mol. The Morgan fingerprint density at radius 3 is 2.50 bits per heavy atom. The maximum Gasteiger partial charge on any atom is 0.223 e. The highest BCUT2D eigenvalue weighted by Gasteiger charge is 2.32. The number of aryl methyl sites for hydroxylation is 3. The minimum atomic E-state index is -0.448. The lowest BCUT2D eigenvalue weighted by molar-refractivity contribution is -0.130. The van der Waals surface area contributed by atoms with E-state index in [0.29, 0.717) is 19.4 Å². The zero-order valence-electron chi connectivity index (χ0n) is 14.0. The molecule has 1 amide bonds. The molecule has 1 saturated carbocycles. The molecule has 0 aliphatic heterocycles. The fourth-order valence-electron chi connectivity index (χ4n) is 3.41. The molecule has 0 heterocycles. The standard InChI is InChI=1S/C18H27NO3/c1-11-7-12(2)15(13(3)8-11)10-19-18(21)14-5-6-16(20)17(9-14)22-4/h7-8,14,16-17,20H,5-6,9-10H2,1-4H3,(H,19,21)/t14-,16+,17-/m1/s1. The third-order valence-corrected chi connectivity index (χ3v) is 4.71. The smallest absolute Gasteiger partial charge is 0.223 e. The first-order valence-electron chi connectivity index (χ1n) is 7.97. The van der Waals surface area contributed by atoms with Crippen molar-refractivity contribution in [1.82, 2.24) is 5.32 Å². The van der Waals surface area contributed by atoms with E-state index in [4.69, 9.17) is 4.74 Å². The van der Waals surface area contributed by atoms with E-state index in [2.05, 4.69) is 38.2 Å². The van der Waals surface area contributed by atoms with Gasteiger partial charge in [0.25, 0.3) is 0 Å². The maximum atomic E-state index is 12.4. The van der Waals surface area contributed by atoms with E-state index in [1.165, 1.54) is 22.3 Å². The minimum Gasteiger partial charge on any atom is -0.390 e. The number of nitrogens with one attached hydrogen (secondary N) is 1. The summed E-state index contributed by atoms with van der Waals surface area (Å²) < 4.78 is 5.27. The molecule has 0 spiro atoms. The largest absolute Gasteiger partial charge is 0.390 e. The molecule has 1 aromatic rings. The number of rotatable bonds is 4. The first-order valence-corrected chi connectivity index (χ1v) is 7.97. The average Bonchev–Trinajstić information content (AvgIpc) is 2.46. The van der Waals surface area contributed by atoms with Gasteiger partial charge >= 0.3 is 0 Å². The van der Waals surface area contributed by atoms with Gasteiger partial charge in [0.05, 0.1) is 12.2 Å². The lowest BCUT2D eigenvalue weighted by Crippen LogP contribution is -2.41. The summed E-state index contributed by atoms with van der Waals surface area (Å²) in [5.74, 6) is -0.00673. The van der Waals surface area contributed by atoms with Crippen LogP contribution in [-0.2, 0) is 16.1 Å². The van der Waals surface area contributed by atoms with Crippen molar-refractivity contribution < 1.29 is 14.6 Å². The van der Waals surface area contributed by atoms with Gasteiger partial charge in [0.15, 0.2) is 0 Å². The van der Waals surface area contributed by atoms with Crippen LogP contribution in [0.3, 0.4) is 0 Å². The first-order chi connectivity index (χ1) is 10.4. The molecule has 0 bridgehead atoms. The lowest BCUT2D eigenvalue weighted by Gasteiger charge is -2.31. The molecule has 3 atom stereocenters. The van der Waals surface area contributed by atoms with Crippen LogP contribution in [0.15, 0.2) is 12.1 Å². The Kier molecular flexibility index (Phi) is 5.59. The second kappa shape index (κ2) is 7.25. The summed E-state index contributed by atoms with van der Waals surface area (Å²) in [6.45, 7) is 6.81. The van der Waals surface area contributed by atoms with Crippen LogP contribution in [0.1, 0.15) is 41.5 Å². The van der Waals surface area contributed by atoms with E-state index < -0.39 is 6.10 Å². The summed E-state index contributed by atoms with van der Waals surface area (Å²) in [6.07, 6.45) is 1.26. The zero-order chi connectivity index (χ0) is 16.3. The van der Waals surface area contributed by atoms with Crippen LogP contribution < -0.4 is 5.32 Å². The highest BCUT2D eigenvalue weighted by Crippen LogP contribution is 2.27. The van der Waals surface area contributed by atoms with Crippen LogP contribution in [-0.4, -0.2) is 30.3 Å². The number of hydrogen-bond acceptors (Lipinski definition) is 3. The van der Waals surface area contributed by atoms with Gasteiger partial charge in [-0.25, -0.2) is 0 Å². The van der Waals surface area contributed by atoms with Gasteiger partial charge in [-0.1, -0.05) is 17.7 Å². The topological polar surface area (TPSA) is 58.6 Å². The Morgan fingerprint density at radius 1 is 1.27 bits per heavy atom. The zero-order valence-corrected chi connectivity index (χ0v) is 14.0. The lowest BCUT2D eigenvalue weighted by atomic mass is 9.84. The highest BCUT2D eigenvalue weighted by atomic mass is 16.5. The molecule has 4 nitrogen and oxygen atoms in total. The number of ether oxygens (including phenoxy) is 1. The molecule has 1 fully saturated rings. The van der Waals surface area contributed by atoms with Crippen molar-refractivity contribution in [2.75, 3.05) is 7.11 Å². The van der Waals surface area contributed by atoms with E-state index >= 15 is 0 Å². The van der Waals surface area contributed by atoms with Crippen molar-refractivity contribution in [3.63, 3.8) is 0 Å². The molecule has 122 valence electrons. The van der Waals surface area contributed by atoms with Crippen molar-refractivity contribution in [2.45, 2.75) is 58.8 Å². The number of benzene rings is 1. The Morgan fingerprint density at radius 2 is 1.91 bits per heavy atom. The van der Waals surface area contributed by atoms with E-state index in [0.717, 1.165) is 6.42 Å². The minimum absolute atomic E-state index is 0.0633. The molecular formula is C18H27NO3. The number of aliphatic hydroxyl groups is 1. The van der Waals surface area contributed by atoms with Gasteiger partial charge in [0.1, 0.15) is 0 Å². The molecular weight excluding hydrogens is 278 g/mol. The predicted octanol–water partition coefficient (Wildman–Crippen LogP) is 2.40. The van der Waals surface area contributed by atoms with Crippen LogP contribution >= 0.6 is 0 Å². The van der Waals surface area contributed by atoms with Crippen molar-refractivity contribution in [2.24, 2.45) is 5.92 Å². The van der Waals surface area contributed by atoms with Crippen molar-refractivity contribution in [3.05, 3.63) is 34.4 Å². The van der Waals surface area contributed by atoms with Crippen LogP contribution in [0.2, 0.25) is 0 Å². The number of methoxy groups -OCH3 is 1. The van der Waals surface area contributed by atoms with Gasteiger partial charge in [-0.05, 0) is 56.7 Å². The molecule has 1 aliphatic carbocycles. The SMILES string of the molecule is CO[C@@H]1C[C@H](C(=O)NCc2c(C)cc(C)cc2C)CC[C@@H]1O. The van der Waals surface area contributed by atoms with Gasteiger partial charge in [-0.2, -0.15) is 0 Å². The summed E-state index contributed by atoms with van der Waals surface area (Å²) in [4.78, 5) is 12.4. The van der Waals surface area contributed by atoms with Gasteiger partial charge in [0, 0.05) is 19.6 Å². The summed E-state index contributed by atoms with van der Waals surface area (Å²) >= 11 is 0. The average molecular weight is 305 g/mol. The van der Waals surface area contributed by atoms with E-state index in [1.54, 1.807) is 7.11 Å². The molecule has 0 aromatic heterocycles. The fraction of sp³-hybridized carbons (Fsp3) is 0.611. The highest BCUT2D eigenvalue weighted by molar-refractivity contribution is 5.78. The van der Waals surface area contributed by atoms with Crippen LogP contribution in [0, 0.1) is 26.7 Å². The van der Waals surface area contributed by atoms with Crippen molar-refractivity contribution in [3.8, 4) is 0 Å². The van der Waals surface area contributed by atoms with Crippen LogP contribution in [0.25, 0.3) is 0 Å².